The second-order valence-corrected chi connectivity index (χ2v) is 6.75. The largest absolute Gasteiger partial charge is 0.364 e. The molecule has 0 bridgehead atoms. The first-order chi connectivity index (χ1) is 10.9. The molecule has 7 heteroatoms. The number of carbonyl (C=O) groups excluding carboxylic acids is 2. The number of amides is 2. The third-order valence-corrected chi connectivity index (χ3v) is 4.31. The van der Waals surface area contributed by atoms with E-state index in [-0.39, 0.29) is 30.6 Å². The van der Waals surface area contributed by atoms with E-state index < -0.39 is 0 Å². The van der Waals surface area contributed by atoms with Crippen LogP contribution >= 0.6 is 15.9 Å². The van der Waals surface area contributed by atoms with Gasteiger partial charge < -0.3 is 20.3 Å². The van der Waals surface area contributed by atoms with Gasteiger partial charge in [0.05, 0.1) is 12.2 Å². The number of hydrogen-bond acceptors (Lipinski definition) is 3. The molecular weight excluding hydrogens is 362 g/mol. The van der Waals surface area contributed by atoms with E-state index in [0.29, 0.717) is 12.2 Å². The van der Waals surface area contributed by atoms with Crippen LogP contribution in [0.2, 0.25) is 0 Å². The lowest BCUT2D eigenvalue weighted by atomic mass is 10.2. The van der Waals surface area contributed by atoms with Crippen molar-refractivity contribution in [2.45, 2.75) is 26.1 Å². The van der Waals surface area contributed by atoms with Crippen molar-refractivity contribution in [2.24, 2.45) is 0 Å². The molecule has 2 atom stereocenters. The number of nitrogens with one attached hydrogen (secondary N) is 3. The number of para-hydroxylation sites is 1. The molecule has 1 saturated heterocycles. The molecular formula is C16H23BrN3O3+. The Morgan fingerprint density at radius 3 is 2.52 bits per heavy atom. The lowest BCUT2D eigenvalue weighted by Gasteiger charge is -2.31. The zero-order valence-electron chi connectivity index (χ0n) is 13.4. The molecule has 0 aliphatic carbocycles. The monoisotopic (exact) mass is 384 g/mol. The van der Waals surface area contributed by atoms with Gasteiger partial charge in [-0.15, -0.1) is 0 Å². The fourth-order valence-corrected chi connectivity index (χ4v) is 3.14. The van der Waals surface area contributed by atoms with Crippen LogP contribution in [-0.4, -0.2) is 50.2 Å². The number of morpholine rings is 1. The molecule has 0 spiro atoms. The normalized spacial score (nSPS) is 24.0. The molecule has 1 aromatic carbocycles. The Morgan fingerprint density at radius 1 is 1.22 bits per heavy atom. The Balaban J connectivity index is 1.73. The molecule has 2 amide bonds. The van der Waals surface area contributed by atoms with Crippen LogP contribution in [-0.2, 0) is 14.3 Å². The van der Waals surface area contributed by atoms with Gasteiger partial charge in [-0.1, -0.05) is 12.1 Å². The van der Waals surface area contributed by atoms with Gasteiger partial charge in [-0.25, -0.2) is 0 Å². The summed E-state index contributed by atoms with van der Waals surface area (Å²) in [4.78, 5) is 25.1. The molecule has 6 nitrogen and oxygen atoms in total. The van der Waals surface area contributed by atoms with Crippen LogP contribution in [0, 0.1) is 0 Å². The molecule has 0 aromatic heterocycles. The van der Waals surface area contributed by atoms with Crippen LogP contribution in [0.25, 0.3) is 0 Å². The molecule has 23 heavy (non-hydrogen) atoms. The van der Waals surface area contributed by atoms with Gasteiger partial charge in [0, 0.05) is 4.47 Å². The van der Waals surface area contributed by atoms with Gasteiger partial charge in [-0.05, 0) is 41.9 Å². The summed E-state index contributed by atoms with van der Waals surface area (Å²) in [6.07, 6.45) is 0.306. The molecule has 0 radical (unpaired) electrons. The summed E-state index contributed by atoms with van der Waals surface area (Å²) < 4.78 is 6.46. The third kappa shape index (κ3) is 5.93. The Morgan fingerprint density at radius 2 is 1.87 bits per heavy atom. The van der Waals surface area contributed by atoms with E-state index >= 15 is 0 Å². The van der Waals surface area contributed by atoms with Gasteiger partial charge in [0.1, 0.15) is 25.3 Å². The first-order valence-electron chi connectivity index (χ1n) is 7.74. The van der Waals surface area contributed by atoms with Crippen LogP contribution < -0.4 is 15.5 Å². The van der Waals surface area contributed by atoms with Crippen molar-refractivity contribution in [1.29, 1.82) is 0 Å². The summed E-state index contributed by atoms with van der Waals surface area (Å²) in [5, 5.41) is 5.43. The molecule has 0 saturated carbocycles. The van der Waals surface area contributed by atoms with Gasteiger partial charge in [0.25, 0.3) is 5.91 Å². The quantitative estimate of drug-likeness (QED) is 0.678. The zero-order valence-corrected chi connectivity index (χ0v) is 15.0. The molecule has 1 heterocycles. The molecule has 2 rings (SSSR count). The minimum absolute atomic E-state index is 0.0327. The predicted molar refractivity (Wildman–Crippen MR) is 91.4 cm³/mol. The second kappa shape index (κ2) is 8.42. The number of halogens is 1. The minimum Gasteiger partial charge on any atom is -0.364 e. The van der Waals surface area contributed by atoms with Crippen LogP contribution in [0.1, 0.15) is 13.8 Å². The summed E-state index contributed by atoms with van der Waals surface area (Å²) >= 11 is 3.36. The van der Waals surface area contributed by atoms with E-state index in [1.807, 2.05) is 32.0 Å². The fraction of sp³-hybridized carbons (Fsp3) is 0.500. The van der Waals surface area contributed by atoms with E-state index in [4.69, 9.17) is 4.74 Å². The average Bonchev–Trinajstić information content (AvgIpc) is 2.46. The van der Waals surface area contributed by atoms with E-state index in [1.54, 1.807) is 6.07 Å². The molecule has 1 aliphatic rings. The Kier molecular flexibility index (Phi) is 6.56. The molecule has 1 fully saturated rings. The highest BCUT2D eigenvalue weighted by Crippen LogP contribution is 2.20. The summed E-state index contributed by atoms with van der Waals surface area (Å²) in [7, 11) is 0. The Labute approximate surface area is 144 Å². The number of hydrogen-bond donors (Lipinski definition) is 3. The number of benzene rings is 1. The first-order valence-corrected chi connectivity index (χ1v) is 8.53. The van der Waals surface area contributed by atoms with Gasteiger partial charge in [0.15, 0.2) is 6.54 Å². The van der Waals surface area contributed by atoms with Gasteiger partial charge in [0.2, 0.25) is 5.91 Å². The topological polar surface area (TPSA) is 71.9 Å². The lowest BCUT2D eigenvalue weighted by Crippen LogP contribution is -3.16. The highest BCUT2D eigenvalue weighted by molar-refractivity contribution is 9.10. The van der Waals surface area contributed by atoms with Crippen LogP contribution in [0.5, 0.6) is 0 Å². The van der Waals surface area contributed by atoms with Crippen LogP contribution in [0.15, 0.2) is 28.7 Å². The number of carbonyl (C=O) groups is 2. The van der Waals surface area contributed by atoms with Crippen molar-refractivity contribution >= 4 is 33.4 Å². The highest BCUT2D eigenvalue weighted by Gasteiger charge is 2.27. The van der Waals surface area contributed by atoms with Gasteiger partial charge >= 0.3 is 0 Å². The smallest absolute Gasteiger partial charge is 0.275 e. The lowest BCUT2D eigenvalue weighted by molar-refractivity contribution is -0.907. The average molecular weight is 385 g/mol. The second-order valence-electron chi connectivity index (χ2n) is 5.90. The number of anilines is 1. The van der Waals surface area contributed by atoms with E-state index in [2.05, 4.69) is 26.6 Å². The zero-order chi connectivity index (χ0) is 16.8. The van der Waals surface area contributed by atoms with Crippen molar-refractivity contribution in [3.8, 4) is 0 Å². The number of quaternary nitrogens is 1. The van der Waals surface area contributed by atoms with E-state index in [9.17, 15) is 9.59 Å². The molecule has 0 unspecified atom stereocenters. The summed E-state index contributed by atoms with van der Waals surface area (Å²) in [6.45, 7) is 5.97. The Bertz CT molecular complexity index is 557. The third-order valence-electron chi connectivity index (χ3n) is 3.62. The van der Waals surface area contributed by atoms with Crippen molar-refractivity contribution in [3.05, 3.63) is 28.7 Å². The standard InChI is InChI=1S/C16H22BrN3O3/c1-11-8-20(9-12(2)23-11)10-16(22)18-7-15(21)19-14-6-4-3-5-13(14)17/h3-6,11-12H,7-10H2,1-2H3,(H,18,22)(H,19,21)/p+1/t11-,12-/m0/s1. The SMILES string of the molecule is C[C@H]1C[NH+](CC(=O)NCC(=O)Nc2ccccc2Br)C[C@H](C)O1. The minimum atomic E-state index is -0.246. The summed E-state index contributed by atoms with van der Waals surface area (Å²) in [5.74, 6) is -0.368. The van der Waals surface area contributed by atoms with Gasteiger partial charge in [-0.2, -0.15) is 0 Å². The number of ether oxygens (including phenoxy) is 1. The first kappa shape index (κ1) is 17.9. The highest BCUT2D eigenvalue weighted by atomic mass is 79.9. The molecule has 1 aromatic rings. The van der Waals surface area contributed by atoms with E-state index in [1.165, 1.54) is 4.90 Å². The van der Waals surface area contributed by atoms with E-state index in [0.717, 1.165) is 17.6 Å². The Hall–Kier alpha value is -1.44. The fourth-order valence-electron chi connectivity index (χ4n) is 2.76. The summed E-state index contributed by atoms with van der Waals surface area (Å²) in [6, 6.07) is 7.35. The maximum atomic E-state index is 12.0. The number of rotatable bonds is 5. The van der Waals surface area contributed by atoms with Crippen molar-refractivity contribution in [3.63, 3.8) is 0 Å². The molecule has 1 aliphatic heterocycles. The molecule has 3 N–H and O–H groups in total. The maximum Gasteiger partial charge on any atom is 0.275 e. The van der Waals surface area contributed by atoms with Crippen molar-refractivity contribution < 1.29 is 19.2 Å². The van der Waals surface area contributed by atoms with Crippen molar-refractivity contribution in [2.75, 3.05) is 31.5 Å². The van der Waals surface area contributed by atoms with Crippen LogP contribution in [0.4, 0.5) is 5.69 Å². The van der Waals surface area contributed by atoms with Crippen LogP contribution in [0.3, 0.4) is 0 Å². The summed E-state index contributed by atoms with van der Waals surface area (Å²) in [5.41, 5.74) is 0.688. The van der Waals surface area contributed by atoms with Gasteiger partial charge in [-0.3, -0.25) is 9.59 Å². The predicted octanol–water partition coefficient (Wildman–Crippen LogP) is 0.196. The maximum absolute atomic E-state index is 12.0. The molecule has 126 valence electrons. The van der Waals surface area contributed by atoms with Crippen molar-refractivity contribution in [1.82, 2.24) is 5.32 Å².